The number of rotatable bonds is 5. The summed E-state index contributed by atoms with van der Waals surface area (Å²) in [6, 6.07) is 6.00. The summed E-state index contributed by atoms with van der Waals surface area (Å²) in [5.41, 5.74) is 1.22. The summed E-state index contributed by atoms with van der Waals surface area (Å²) in [5.74, 6) is 0.356. The van der Waals surface area contributed by atoms with Crippen molar-refractivity contribution in [2.24, 2.45) is 0 Å². The van der Waals surface area contributed by atoms with Crippen molar-refractivity contribution in [3.8, 4) is 5.75 Å². The van der Waals surface area contributed by atoms with Gasteiger partial charge < -0.3 is 10.4 Å². The van der Waals surface area contributed by atoms with Gasteiger partial charge in [0.25, 0.3) is 0 Å². The highest BCUT2D eigenvalue weighted by Crippen LogP contribution is 2.34. The van der Waals surface area contributed by atoms with Crippen molar-refractivity contribution in [1.29, 1.82) is 0 Å². The van der Waals surface area contributed by atoms with Crippen LogP contribution in [-0.4, -0.2) is 36.2 Å². The van der Waals surface area contributed by atoms with Gasteiger partial charge in [-0.2, -0.15) is 0 Å². The third-order valence-corrected chi connectivity index (χ3v) is 4.48. The first kappa shape index (κ1) is 14.8. The average Bonchev–Trinajstić information content (AvgIpc) is 2.44. The molecule has 0 saturated carbocycles. The number of hydrogen-bond acceptors (Lipinski definition) is 3. The number of phenolic OH excluding ortho intramolecular Hbond substituents is 1. The predicted octanol–water partition coefficient (Wildman–Crippen LogP) is 3.29. The molecule has 1 aromatic carbocycles. The lowest BCUT2D eigenvalue weighted by Crippen LogP contribution is -2.45. The maximum absolute atomic E-state index is 9.76. The molecule has 4 heteroatoms. The quantitative estimate of drug-likeness (QED) is 0.871. The maximum Gasteiger partial charge on any atom is 0.115 e. The van der Waals surface area contributed by atoms with E-state index in [2.05, 4.69) is 33.1 Å². The third-order valence-electron chi connectivity index (χ3n) is 3.76. The SMILES string of the molecule is CCCC[C@H](c1cc(O)ccc1Br)N1CCNCC1. The van der Waals surface area contributed by atoms with Crippen LogP contribution in [0.25, 0.3) is 0 Å². The largest absolute Gasteiger partial charge is 0.508 e. The Bertz CT molecular complexity index is 405. The topological polar surface area (TPSA) is 35.5 Å². The number of nitrogens with zero attached hydrogens (tertiary/aromatic N) is 1. The summed E-state index contributed by atoms with van der Waals surface area (Å²) >= 11 is 3.64. The zero-order valence-corrected chi connectivity index (χ0v) is 13.1. The Kier molecular flexibility index (Phi) is 5.67. The standard InChI is InChI=1S/C15H23BrN2O/c1-2-3-4-15(18-9-7-17-8-10-18)13-11-12(19)5-6-14(13)16/h5-6,11,15,17,19H,2-4,7-10H2,1H3/t15-/m1/s1. The molecule has 2 N–H and O–H groups in total. The summed E-state index contributed by atoms with van der Waals surface area (Å²) < 4.78 is 1.10. The molecule has 0 spiro atoms. The summed E-state index contributed by atoms with van der Waals surface area (Å²) in [6.45, 7) is 6.50. The molecule has 106 valence electrons. The zero-order chi connectivity index (χ0) is 13.7. The summed E-state index contributed by atoms with van der Waals surface area (Å²) in [6.07, 6.45) is 3.58. The molecular weight excluding hydrogens is 304 g/mol. The molecule has 0 amide bonds. The minimum absolute atomic E-state index is 0.356. The summed E-state index contributed by atoms with van der Waals surface area (Å²) in [5, 5.41) is 13.2. The van der Waals surface area contributed by atoms with Gasteiger partial charge in [-0.15, -0.1) is 0 Å². The molecule has 19 heavy (non-hydrogen) atoms. The van der Waals surface area contributed by atoms with Crippen molar-refractivity contribution in [1.82, 2.24) is 10.2 Å². The number of piperazine rings is 1. The minimum atomic E-state index is 0.356. The third kappa shape index (κ3) is 3.94. The van der Waals surface area contributed by atoms with Gasteiger partial charge in [0.1, 0.15) is 5.75 Å². The Hall–Kier alpha value is -0.580. The Morgan fingerprint density at radius 3 is 2.79 bits per heavy atom. The molecule has 1 aromatic rings. The van der Waals surface area contributed by atoms with Gasteiger partial charge >= 0.3 is 0 Å². The fourth-order valence-electron chi connectivity index (χ4n) is 2.71. The molecule has 1 saturated heterocycles. The van der Waals surface area contributed by atoms with Crippen LogP contribution in [0.15, 0.2) is 22.7 Å². The van der Waals surface area contributed by atoms with E-state index < -0.39 is 0 Å². The fourth-order valence-corrected chi connectivity index (χ4v) is 3.22. The van der Waals surface area contributed by atoms with Gasteiger partial charge in [0.15, 0.2) is 0 Å². The van der Waals surface area contributed by atoms with Gasteiger partial charge in [0, 0.05) is 36.7 Å². The monoisotopic (exact) mass is 326 g/mol. The molecule has 0 unspecified atom stereocenters. The molecule has 3 nitrogen and oxygen atoms in total. The molecule has 1 heterocycles. The molecule has 0 aromatic heterocycles. The van der Waals surface area contributed by atoms with Crippen LogP contribution in [0.1, 0.15) is 37.8 Å². The molecule has 0 radical (unpaired) electrons. The van der Waals surface area contributed by atoms with Gasteiger partial charge in [-0.3, -0.25) is 4.90 Å². The first-order chi connectivity index (χ1) is 9.22. The van der Waals surface area contributed by atoms with Crippen molar-refractivity contribution >= 4 is 15.9 Å². The summed E-state index contributed by atoms with van der Waals surface area (Å²) in [7, 11) is 0. The van der Waals surface area contributed by atoms with Crippen LogP contribution in [0.3, 0.4) is 0 Å². The lowest BCUT2D eigenvalue weighted by atomic mass is 9.98. The van der Waals surface area contributed by atoms with Gasteiger partial charge in [0.05, 0.1) is 0 Å². The zero-order valence-electron chi connectivity index (χ0n) is 11.5. The number of nitrogens with one attached hydrogen (secondary N) is 1. The molecule has 1 atom stereocenters. The van der Waals surface area contributed by atoms with Crippen LogP contribution in [0.4, 0.5) is 0 Å². The first-order valence-electron chi connectivity index (χ1n) is 7.15. The van der Waals surface area contributed by atoms with Crippen molar-refractivity contribution in [2.75, 3.05) is 26.2 Å². The van der Waals surface area contributed by atoms with Crippen molar-refractivity contribution < 1.29 is 5.11 Å². The number of hydrogen-bond donors (Lipinski definition) is 2. The maximum atomic E-state index is 9.76. The van der Waals surface area contributed by atoms with E-state index >= 15 is 0 Å². The van der Waals surface area contributed by atoms with Crippen LogP contribution < -0.4 is 5.32 Å². The lowest BCUT2D eigenvalue weighted by Gasteiger charge is -2.35. The lowest BCUT2D eigenvalue weighted by molar-refractivity contribution is 0.162. The second-order valence-electron chi connectivity index (χ2n) is 5.15. The number of unbranched alkanes of at least 4 members (excludes halogenated alkanes) is 1. The smallest absolute Gasteiger partial charge is 0.115 e. The van der Waals surface area contributed by atoms with E-state index in [-0.39, 0.29) is 0 Å². The molecule has 0 aliphatic carbocycles. The van der Waals surface area contributed by atoms with Crippen LogP contribution in [0, 0.1) is 0 Å². The van der Waals surface area contributed by atoms with Crippen molar-refractivity contribution in [3.63, 3.8) is 0 Å². The normalized spacial score (nSPS) is 18.4. The number of halogens is 1. The van der Waals surface area contributed by atoms with Crippen LogP contribution in [0.2, 0.25) is 0 Å². The number of benzene rings is 1. The molecule has 1 aliphatic rings. The van der Waals surface area contributed by atoms with Crippen molar-refractivity contribution in [3.05, 3.63) is 28.2 Å². The van der Waals surface area contributed by atoms with E-state index in [0.717, 1.165) is 37.1 Å². The van der Waals surface area contributed by atoms with Crippen molar-refractivity contribution in [2.45, 2.75) is 32.2 Å². The summed E-state index contributed by atoms with van der Waals surface area (Å²) in [4.78, 5) is 2.53. The molecule has 1 fully saturated rings. The predicted molar refractivity (Wildman–Crippen MR) is 82.5 cm³/mol. The molecule has 0 bridgehead atoms. The van der Waals surface area contributed by atoms with Crippen LogP contribution >= 0.6 is 15.9 Å². The Balaban J connectivity index is 2.22. The van der Waals surface area contributed by atoms with E-state index in [9.17, 15) is 5.11 Å². The second kappa shape index (κ2) is 7.27. The van der Waals surface area contributed by atoms with Gasteiger partial charge in [-0.05, 0) is 30.2 Å². The second-order valence-corrected chi connectivity index (χ2v) is 6.00. The number of phenols is 1. The van der Waals surface area contributed by atoms with E-state index in [1.807, 2.05) is 12.1 Å². The highest BCUT2D eigenvalue weighted by atomic mass is 79.9. The van der Waals surface area contributed by atoms with Crippen LogP contribution in [0.5, 0.6) is 5.75 Å². The number of aromatic hydroxyl groups is 1. The van der Waals surface area contributed by atoms with Gasteiger partial charge in [-0.1, -0.05) is 35.7 Å². The Morgan fingerprint density at radius 2 is 2.11 bits per heavy atom. The Morgan fingerprint density at radius 1 is 1.37 bits per heavy atom. The molecular formula is C15H23BrN2O. The fraction of sp³-hybridized carbons (Fsp3) is 0.600. The Labute approximate surface area is 124 Å². The molecule has 2 rings (SSSR count). The van der Waals surface area contributed by atoms with E-state index in [1.54, 1.807) is 6.07 Å². The minimum Gasteiger partial charge on any atom is -0.508 e. The van der Waals surface area contributed by atoms with E-state index in [4.69, 9.17) is 0 Å². The van der Waals surface area contributed by atoms with E-state index in [1.165, 1.54) is 18.4 Å². The van der Waals surface area contributed by atoms with Gasteiger partial charge in [0.2, 0.25) is 0 Å². The highest BCUT2D eigenvalue weighted by molar-refractivity contribution is 9.10. The van der Waals surface area contributed by atoms with E-state index in [0.29, 0.717) is 11.8 Å². The highest BCUT2D eigenvalue weighted by Gasteiger charge is 2.23. The average molecular weight is 327 g/mol. The van der Waals surface area contributed by atoms with Crippen LogP contribution in [-0.2, 0) is 0 Å². The first-order valence-corrected chi connectivity index (χ1v) is 7.95. The molecule has 1 aliphatic heterocycles. The van der Waals surface area contributed by atoms with Gasteiger partial charge in [-0.25, -0.2) is 0 Å².